The summed E-state index contributed by atoms with van der Waals surface area (Å²) in [5, 5.41) is 0. The van der Waals surface area contributed by atoms with Gasteiger partial charge in [0.15, 0.2) is 0 Å². The van der Waals surface area contributed by atoms with Crippen LogP contribution < -0.4 is 0 Å². The van der Waals surface area contributed by atoms with E-state index in [4.69, 9.17) is 14.2 Å². The molecule has 0 aliphatic rings. The molecule has 0 fully saturated rings. The van der Waals surface area contributed by atoms with Crippen LogP contribution in [0.25, 0.3) is 0 Å². The second kappa shape index (κ2) is 35.7. The summed E-state index contributed by atoms with van der Waals surface area (Å²) >= 11 is 0. The van der Waals surface area contributed by atoms with Crippen LogP contribution in [0.15, 0.2) is 0 Å². The van der Waals surface area contributed by atoms with E-state index in [9.17, 15) is 4.79 Å². The fourth-order valence-corrected chi connectivity index (χ4v) is 6.01. The molecule has 0 saturated heterocycles. The summed E-state index contributed by atoms with van der Waals surface area (Å²) in [5.41, 5.74) is 0. The zero-order valence-electron chi connectivity index (χ0n) is 29.8. The normalized spacial score (nSPS) is 11.5. The average molecular weight is 612 g/mol. The minimum absolute atomic E-state index is 0.189. The van der Waals surface area contributed by atoms with Gasteiger partial charge in [0.05, 0.1) is 19.8 Å². The van der Waals surface area contributed by atoms with Gasteiger partial charge in [-0.2, -0.15) is 0 Å². The molecule has 0 heterocycles. The van der Waals surface area contributed by atoms with Crippen molar-refractivity contribution in [2.75, 3.05) is 47.1 Å². The van der Waals surface area contributed by atoms with Crippen LogP contribution in [0.1, 0.15) is 187 Å². The van der Waals surface area contributed by atoms with Crippen molar-refractivity contribution in [2.45, 2.75) is 187 Å². The topological polar surface area (TPSA) is 48.0 Å². The Hall–Kier alpha value is -0.810. The van der Waals surface area contributed by atoms with Gasteiger partial charge in [-0.05, 0) is 18.8 Å². The Bertz CT molecular complexity index is 516. The SMILES string of the molecule is CCCCCCCCCCCCCCC(CCCCCCCCCCCCCC)CN(C)C(=O)OCCCOCCOC. The van der Waals surface area contributed by atoms with E-state index in [1.807, 2.05) is 11.9 Å². The van der Waals surface area contributed by atoms with Crippen LogP contribution >= 0.6 is 0 Å². The lowest BCUT2D eigenvalue weighted by Crippen LogP contribution is -2.32. The number of amides is 1. The zero-order chi connectivity index (χ0) is 31.5. The van der Waals surface area contributed by atoms with Crippen molar-refractivity contribution in [3.8, 4) is 0 Å². The zero-order valence-corrected chi connectivity index (χ0v) is 29.8. The van der Waals surface area contributed by atoms with E-state index in [0.717, 1.165) is 13.0 Å². The van der Waals surface area contributed by atoms with E-state index in [2.05, 4.69) is 13.8 Å². The second-order valence-electron chi connectivity index (χ2n) is 13.2. The van der Waals surface area contributed by atoms with E-state index in [1.54, 1.807) is 7.11 Å². The number of carbonyl (C=O) groups excluding carboxylic acids is 1. The van der Waals surface area contributed by atoms with Crippen LogP contribution in [0.4, 0.5) is 4.79 Å². The molecular formula is C38H77NO4. The molecule has 0 aromatic rings. The maximum absolute atomic E-state index is 12.6. The maximum atomic E-state index is 12.6. The Morgan fingerprint density at radius 1 is 0.512 bits per heavy atom. The van der Waals surface area contributed by atoms with Gasteiger partial charge in [-0.25, -0.2) is 4.79 Å². The first-order valence-electron chi connectivity index (χ1n) is 19.1. The van der Waals surface area contributed by atoms with Crippen LogP contribution in [0.5, 0.6) is 0 Å². The standard InChI is InChI=1S/C38H77NO4/c1-5-7-9-11-13-15-17-19-21-23-25-27-30-37(31-28-26-24-22-20-18-16-14-12-10-8-6-2)36-39(3)38(40)43-33-29-32-42-35-34-41-4/h37H,5-36H2,1-4H3. The quantitative estimate of drug-likeness (QED) is 0.0669. The molecule has 0 spiro atoms. The third-order valence-corrected chi connectivity index (χ3v) is 8.87. The predicted molar refractivity (Wildman–Crippen MR) is 186 cm³/mol. The number of methoxy groups -OCH3 is 1. The molecule has 5 nitrogen and oxygen atoms in total. The number of rotatable bonds is 35. The van der Waals surface area contributed by atoms with Gasteiger partial charge in [-0.1, -0.05) is 168 Å². The monoisotopic (exact) mass is 612 g/mol. The molecule has 0 atom stereocenters. The predicted octanol–water partition coefficient (Wildman–Crippen LogP) is 11.9. The first kappa shape index (κ1) is 42.2. The Balaban J connectivity index is 4.17. The van der Waals surface area contributed by atoms with Gasteiger partial charge in [-0.15, -0.1) is 0 Å². The molecule has 0 aromatic heterocycles. The number of hydrogen-bond donors (Lipinski definition) is 0. The molecule has 0 aliphatic heterocycles. The molecule has 0 radical (unpaired) electrons. The summed E-state index contributed by atoms with van der Waals surface area (Å²) in [7, 11) is 3.58. The van der Waals surface area contributed by atoms with E-state index < -0.39 is 0 Å². The molecule has 258 valence electrons. The molecule has 0 aliphatic carbocycles. The summed E-state index contributed by atoms with van der Waals surface area (Å²) in [6, 6.07) is 0. The summed E-state index contributed by atoms with van der Waals surface area (Å²) in [5.74, 6) is 0.584. The largest absolute Gasteiger partial charge is 0.449 e. The van der Waals surface area contributed by atoms with Gasteiger partial charge in [-0.3, -0.25) is 0 Å². The summed E-state index contributed by atoms with van der Waals surface area (Å²) in [6.07, 6.45) is 36.3. The van der Waals surface area contributed by atoms with Crippen LogP contribution in [0, 0.1) is 5.92 Å². The molecule has 0 unspecified atom stereocenters. The highest BCUT2D eigenvalue weighted by Gasteiger charge is 2.17. The number of unbranched alkanes of at least 4 members (excludes halogenated alkanes) is 22. The van der Waals surface area contributed by atoms with Crippen molar-refractivity contribution in [2.24, 2.45) is 5.92 Å². The van der Waals surface area contributed by atoms with Gasteiger partial charge >= 0.3 is 6.09 Å². The van der Waals surface area contributed by atoms with Gasteiger partial charge in [0.2, 0.25) is 0 Å². The van der Waals surface area contributed by atoms with E-state index in [1.165, 1.54) is 167 Å². The second-order valence-corrected chi connectivity index (χ2v) is 13.2. The molecule has 0 saturated carbocycles. The molecule has 0 bridgehead atoms. The van der Waals surface area contributed by atoms with E-state index in [-0.39, 0.29) is 6.09 Å². The maximum Gasteiger partial charge on any atom is 0.409 e. The lowest BCUT2D eigenvalue weighted by molar-refractivity contribution is 0.0547. The van der Waals surface area contributed by atoms with Crippen molar-refractivity contribution < 1.29 is 19.0 Å². The fourth-order valence-electron chi connectivity index (χ4n) is 6.01. The lowest BCUT2D eigenvalue weighted by Gasteiger charge is -2.24. The van der Waals surface area contributed by atoms with E-state index in [0.29, 0.717) is 32.3 Å². The Morgan fingerprint density at radius 2 is 0.907 bits per heavy atom. The van der Waals surface area contributed by atoms with Crippen molar-refractivity contribution in [1.29, 1.82) is 0 Å². The Labute approximate surface area is 270 Å². The van der Waals surface area contributed by atoms with Crippen LogP contribution in [0.3, 0.4) is 0 Å². The highest BCUT2D eigenvalue weighted by Crippen LogP contribution is 2.21. The average Bonchev–Trinajstić information content (AvgIpc) is 3.01. The smallest absolute Gasteiger partial charge is 0.409 e. The summed E-state index contributed by atoms with van der Waals surface area (Å²) in [6.45, 7) is 7.60. The third-order valence-electron chi connectivity index (χ3n) is 8.87. The van der Waals surface area contributed by atoms with E-state index >= 15 is 0 Å². The van der Waals surface area contributed by atoms with Crippen LogP contribution in [-0.2, 0) is 14.2 Å². The minimum atomic E-state index is -0.189. The van der Waals surface area contributed by atoms with Gasteiger partial charge in [0.25, 0.3) is 0 Å². The first-order valence-corrected chi connectivity index (χ1v) is 19.1. The molecule has 0 aromatic carbocycles. The highest BCUT2D eigenvalue weighted by atomic mass is 16.6. The molecule has 1 amide bonds. The lowest BCUT2D eigenvalue weighted by atomic mass is 9.93. The fraction of sp³-hybridized carbons (Fsp3) is 0.974. The van der Waals surface area contributed by atoms with Gasteiger partial charge in [0.1, 0.15) is 0 Å². The molecule has 0 rings (SSSR count). The van der Waals surface area contributed by atoms with Crippen LogP contribution in [-0.4, -0.2) is 58.1 Å². The van der Waals surface area contributed by atoms with Gasteiger partial charge < -0.3 is 19.1 Å². The molecule has 43 heavy (non-hydrogen) atoms. The number of carbonyl (C=O) groups is 1. The third kappa shape index (κ3) is 32.4. The van der Waals surface area contributed by atoms with Crippen LogP contribution in [0.2, 0.25) is 0 Å². The molecule has 5 heteroatoms. The molecule has 0 N–H and O–H groups in total. The van der Waals surface area contributed by atoms with Crippen molar-refractivity contribution in [3.63, 3.8) is 0 Å². The Kier molecular flexibility index (Phi) is 35.0. The first-order chi connectivity index (χ1) is 21.2. The molecular weight excluding hydrogens is 534 g/mol. The summed E-state index contributed by atoms with van der Waals surface area (Å²) in [4.78, 5) is 14.4. The van der Waals surface area contributed by atoms with Crippen molar-refractivity contribution in [1.82, 2.24) is 4.90 Å². The van der Waals surface area contributed by atoms with Crippen molar-refractivity contribution >= 4 is 6.09 Å². The van der Waals surface area contributed by atoms with Gasteiger partial charge in [0, 0.05) is 33.7 Å². The number of nitrogens with zero attached hydrogens (tertiary/aromatic N) is 1. The number of ether oxygens (including phenoxy) is 3. The Morgan fingerprint density at radius 3 is 1.30 bits per heavy atom. The number of hydrogen-bond acceptors (Lipinski definition) is 4. The van der Waals surface area contributed by atoms with Crippen molar-refractivity contribution in [3.05, 3.63) is 0 Å². The minimum Gasteiger partial charge on any atom is -0.449 e. The summed E-state index contributed by atoms with van der Waals surface area (Å²) < 4.78 is 16.0. The highest BCUT2D eigenvalue weighted by molar-refractivity contribution is 5.67.